The number of hydrogen-bond donors (Lipinski definition) is 1. The zero-order chi connectivity index (χ0) is 17.5. The second-order valence-electron chi connectivity index (χ2n) is 9.07. The zero-order valence-corrected chi connectivity index (χ0v) is 15.4. The van der Waals surface area contributed by atoms with Gasteiger partial charge >= 0.3 is 0 Å². The number of carbonyl (C=O) groups is 2. The van der Waals surface area contributed by atoms with Crippen LogP contribution in [0.1, 0.15) is 78.6 Å². The highest BCUT2D eigenvalue weighted by atomic mass is 16.4. The number of allylic oxidation sites excluding steroid dienone is 1. The number of carbonyl (C=O) groups excluding carboxylic acids is 1. The number of hydrogen-bond acceptors (Lipinski definition) is 2. The molecule has 3 heteroatoms. The zero-order valence-electron chi connectivity index (χ0n) is 15.4. The summed E-state index contributed by atoms with van der Waals surface area (Å²) >= 11 is 0. The molecule has 0 saturated heterocycles. The molecule has 0 amide bonds. The Morgan fingerprint density at radius 2 is 1.79 bits per heavy atom. The van der Waals surface area contributed by atoms with E-state index in [9.17, 15) is 4.79 Å². The smallest absolute Gasteiger partial charge is 0.300 e. The first kappa shape index (κ1) is 17.7. The van der Waals surface area contributed by atoms with Gasteiger partial charge in [0.15, 0.2) is 5.78 Å². The van der Waals surface area contributed by atoms with E-state index in [1.165, 1.54) is 50.5 Å². The van der Waals surface area contributed by atoms with E-state index in [4.69, 9.17) is 9.90 Å². The Hall–Kier alpha value is -1.12. The van der Waals surface area contributed by atoms with Gasteiger partial charge in [0.1, 0.15) is 0 Å². The van der Waals surface area contributed by atoms with Gasteiger partial charge in [0, 0.05) is 13.3 Å². The van der Waals surface area contributed by atoms with Crippen LogP contribution in [-0.2, 0) is 9.59 Å². The SMILES string of the molecule is CC(=O)O.CC12CCC[C@H]1C1CCC3=CC(=O)CCC3(C)[C@H]1CC2. The van der Waals surface area contributed by atoms with Crippen LogP contribution in [0.2, 0.25) is 0 Å². The second kappa shape index (κ2) is 6.31. The minimum Gasteiger partial charge on any atom is -0.481 e. The van der Waals surface area contributed by atoms with E-state index in [-0.39, 0.29) is 0 Å². The van der Waals surface area contributed by atoms with Gasteiger partial charge < -0.3 is 5.11 Å². The minimum atomic E-state index is -0.833. The lowest BCUT2D eigenvalue weighted by atomic mass is 9.47. The molecule has 3 unspecified atom stereocenters. The molecule has 0 heterocycles. The van der Waals surface area contributed by atoms with Gasteiger partial charge in [-0.1, -0.05) is 25.8 Å². The van der Waals surface area contributed by atoms with Crippen LogP contribution >= 0.6 is 0 Å². The van der Waals surface area contributed by atoms with E-state index in [0.717, 1.165) is 37.5 Å². The normalized spacial score (nSPS) is 43.5. The third-order valence-corrected chi connectivity index (χ3v) is 7.74. The summed E-state index contributed by atoms with van der Waals surface area (Å²) in [5, 5.41) is 7.42. The van der Waals surface area contributed by atoms with Crippen LogP contribution < -0.4 is 0 Å². The molecule has 134 valence electrons. The van der Waals surface area contributed by atoms with Crippen LogP contribution in [0.15, 0.2) is 11.6 Å². The number of carboxylic acids is 1. The molecule has 3 saturated carbocycles. The highest BCUT2D eigenvalue weighted by Gasteiger charge is 2.55. The monoisotopic (exact) mass is 332 g/mol. The molecular formula is C21H32O3. The van der Waals surface area contributed by atoms with Crippen LogP contribution in [0.25, 0.3) is 0 Å². The molecule has 0 radical (unpaired) electrons. The third-order valence-electron chi connectivity index (χ3n) is 7.74. The summed E-state index contributed by atoms with van der Waals surface area (Å²) in [4.78, 5) is 20.8. The number of ketones is 1. The fourth-order valence-electron chi connectivity index (χ4n) is 6.55. The molecule has 24 heavy (non-hydrogen) atoms. The summed E-state index contributed by atoms with van der Waals surface area (Å²) in [6.45, 7) is 6.14. The van der Waals surface area contributed by atoms with E-state index in [1.54, 1.807) is 0 Å². The first-order valence-corrected chi connectivity index (χ1v) is 9.70. The summed E-state index contributed by atoms with van der Waals surface area (Å²) in [5.74, 6) is 2.35. The average molecular weight is 332 g/mol. The van der Waals surface area contributed by atoms with Crippen molar-refractivity contribution in [2.45, 2.75) is 78.6 Å². The van der Waals surface area contributed by atoms with Crippen LogP contribution in [0.4, 0.5) is 0 Å². The quantitative estimate of drug-likeness (QED) is 0.679. The van der Waals surface area contributed by atoms with Crippen LogP contribution in [0, 0.1) is 28.6 Å². The van der Waals surface area contributed by atoms with Gasteiger partial charge in [-0.05, 0) is 79.6 Å². The number of aliphatic carboxylic acids is 1. The van der Waals surface area contributed by atoms with Gasteiger partial charge in [-0.2, -0.15) is 0 Å². The van der Waals surface area contributed by atoms with E-state index in [0.29, 0.717) is 16.6 Å². The van der Waals surface area contributed by atoms with Crippen molar-refractivity contribution >= 4 is 11.8 Å². The molecule has 5 atom stereocenters. The molecule has 0 aromatic carbocycles. The summed E-state index contributed by atoms with van der Waals surface area (Å²) < 4.78 is 0. The molecular weight excluding hydrogens is 300 g/mol. The van der Waals surface area contributed by atoms with Crippen LogP contribution in [-0.4, -0.2) is 16.9 Å². The molecule has 0 spiro atoms. The van der Waals surface area contributed by atoms with E-state index in [1.807, 2.05) is 6.08 Å². The third kappa shape index (κ3) is 2.95. The molecule has 0 aromatic heterocycles. The maximum absolute atomic E-state index is 11.8. The molecule has 4 aliphatic rings. The first-order chi connectivity index (χ1) is 11.3. The van der Waals surface area contributed by atoms with Crippen molar-refractivity contribution in [3.8, 4) is 0 Å². The van der Waals surface area contributed by atoms with Gasteiger partial charge in [-0.3, -0.25) is 9.59 Å². The van der Waals surface area contributed by atoms with Crippen molar-refractivity contribution in [1.29, 1.82) is 0 Å². The van der Waals surface area contributed by atoms with Gasteiger partial charge in [-0.15, -0.1) is 0 Å². The summed E-state index contributed by atoms with van der Waals surface area (Å²) in [7, 11) is 0. The Morgan fingerprint density at radius 3 is 2.50 bits per heavy atom. The number of fused-ring (bicyclic) bond motifs is 5. The molecule has 0 aliphatic heterocycles. The Bertz CT molecular complexity index is 559. The van der Waals surface area contributed by atoms with E-state index >= 15 is 0 Å². The topological polar surface area (TPSA) is 54.4 Å². The molecule has 3 nitrogen and oxygen atoms in total. The van der Waals surface area contributed by atoms with Gasteiger partial charge in [0.2, 0.25) is 0 Å². The number of rotatable bonds is 0. The predicted molar refractivity (Wildman–Crippen MR) is 94.6 cm³/mol. The Kier molecular flexibility index (Phi) is 4.65. The van der Waals surface area contributed by atoms with Gasteiger partial charge in [0.25, 0.3) is 5.97 Å². The van der Waals surface area contributed by atoms with E-state index < -0.39 is 5.97 Å². The van der Waals surface area contributed by atoms with Crippen molar-refractivity contribution in [2.24, 2.45) is 28.6 Å². The van der Waals surface area contributed by atoms with E-state index in [2.05, 4.69) is 13.8 Å². The molecule has 4 rings (SSSR count). The Balaban J connectivity index is 0.000000383. The van der Waals surface area contributed by atoms with Crippen LogP contribution in [0.5, 0.6) is 0 Å². The molecule has 1 N–H and O–H groups in total. The first-order valence-electron chi connectivity index (χ1n) is 9.70. The lowest BCUT2D eigenvalue weighted by molar-refractivity contribution is -0.134. The fourth-order valence-corrected chi connectivity index (χ4v) is 6.55. The summed E-state index contributed by atoms with van der Waals surface area (Å²) in [6, 6.07) is 0. The maximum Gasteiger partial charge on any atom is 0.300 e. The van der Waals surface area contributed by atoms with Crippen LogP contribution in [0.3, 0.4) is 0 Å². The standard InChI is InChI=1S/C19H28O.C2H4O2/c1-18-9-3-4-16(18)15-6-5-13-12-14(20)7-11-19(13,2)17(15)8-10-18;1-2(3)4/h12,15-17H,3-11H2,1-2H3;1H3,(H,3,4)/t15?,16-,17-,18?,19?;/m0./s1. The minimum absolute atomic E-state index is 0.362. The van der Waals surface area contributed by atoms with Crippen molar-refractivity contribution < 1.29 is 14.7 Å². The number of carboxylic acid groups (broad SMARTS) is 1. The molecule has 0 bridgehead atoms. The largest absolute Gasteiger partial charge is 0.481 e. The highest BCUT2D eigenvalue weighted by Crippen LogP contribution is 2.65. The summed E-state index contributed by atoms with van der Waals surface area (Å²) in [6.07, 6.45) is 13.8. The lowest BCUT2D eigenvalue weighted by Gasteiger charge is -2.57. The lowest BCUT2D eigenvalue weighted by Crippen LogP contribution is -2.49. The molecule has 3 fully saturated rings. The van der Waals surface area contributed by atoms with Crippen molar-refractivity contribution in [3.63, 3.8) is 0 Å². The van der Waals surface area contributed by atoms with Crippen molar-refractivity contribution in [3.05, 3.63) is 11.6 Å². The average Bonchev–Trinajstić information content (AvgIpc) is 2.89. The summed E-state index contributed by atoms with van der Waals surface area (Å²) in [5.41, 5.74) is 2.53. The van der Waals surface area contributed by atoms with Crippen molar-refractivity contribution in [1.82, 2.24) is 0 Å². The van der Waals surface area contributed by atoms with Crippen molar-refractivity contribution in [2.75, 3.05) is 0 Å². The predicted octanol–water partition coefficient (Wildman–Crippen LogP) is 5.00. The Morgan fingerprint density at radius 1 is 1.08 bits per heavy atom. The fraction of sp³-hybridized carbons (Fsp3) is 0.810. The van der Waals surface area contributed by atoms with Gasteiger partial charge in [0.05, 0.1) is 0 Å². The molecule has 0 aromatic rings. The highest BCUT2D eigenvalue weighted by molar-refractivity contribution is 5.91. The maximum atomic E-state index is 11.8. The Labute approximate surface area is 145 Å². The van der Waals surface area contributed by atoms with Gasteiger partial charge in [-0.25, -0.2) is 0 Å². The second-order valence-corrected chi connectivity index (χ2v) is 9.07. The molecule has 4 aliphatic carbocycles.